The normalized spacial score (nSPS) is 18.1. The van der Waals surface area contributed by atoms with Gasteiger partial charge in [-0.05, 0) is 82.1 Å². The zero-order valence-electron chi connectivity index (χ0n) is 20.7. The number of Topliss-reactive ketones (excluding diaryl/α,β-unsaturated/α-hetero) is 1. The Morgan fingerprint density at radius 1 is 1.06 bits per heavy atom. The molecule has 0 radical (unpaired) electrons. The molecule has 0 atom stereocenters. The van der Waals surface area contributed by atoms with Gasteiger partial charge in [0.25, 0.3) is 0 Å². The van der Waals surface area contributed by atoms with Gasteiger partial charge in [0.15, 0.2) is 5.78 Å². The predicted molar refractivity (Wildman–Crippen MR) is 127 cm³/mol. The maximum absolute atomic E-state index is 12.9. The fraction of sp³-hybridized carbons (Fsp3) is 0.500. The molecular formula is C26H35FN3NaO4. The third-order valence-electron chi connectivity index (χ3n) is 6.52. The maximum Gasteiger partial charge on any atom is 1.00 e. The minimum atomic E-state index is -1.19. The second kappa shape index (κ2) is 16.0. The molecule has 9 heteroatoms. The van der Waals surface area contributed by atoms with E-state index >= 15 is 0 Å². The number of aliphatic carboxylic acids is 1. The van der Waals surface area contributed by atoms with Crippen molar-refractivity contribution in [2.75, 3.05) is 32.7 Å². The fourth-order valence-electron chi connectivity index (χ4n) is 4.58. The quantitative estimate of drug-likeness (QED) is 0.206. The molecule has 0 aliphatic carbocycles. The number of carboxylic acid groups (broad SMARTS) is 1. The molecule has 2 aliphatic heterocycles. The van der Waals surface area contributed by atoms with E-state index in [-0.39, 0.29) is 47.1 Å². The van der Waals surface area contributed by atoms with Gasteiger partial charge in [-0.15, -0.1) is 0 Å². The number of halogens is 1. The molecule has 35 heavy (non-hydrogen) atoms. The number of amides is 1. The molecule has 2 heterocycles. The Labute approximate surface area is 229 Å². The first-order chi connectivity index (χ1) is 16.3. The molecule has 2 aliphatic rings. The van der Waals surface area contributed by atoms with Crippen LogP contribution in [0, 0.1) is 5.82 Å². The molecule has 2 fully saturated rings. The average Bonchev–Trinajstić information content (AvgIpc) is 2.84. The molecule has 1 amide bonds. The fourth-order valence-corrected chi connectivity index (χ4v) is 4.58. The molecule has 0 unspecified atom stereocenters. The number of hydrogen-bond donors (Lipinski definition) is 1. The maximum atomic E-state index is 12.9. The van der Waals surface area contributed by atoms with Crippen molar-refractivity contribution in [3.05, 3.63) is 60.5 Å². The molecule has 7 nitrogen and oxygen atoms in total. The standard InChI is InChI=1S/C21H30FN3O2.C5H6O2.Na/c22-18-8-6-17(7-9-18)19(26)5-4-12-24-15-10-21(11-16-24,20(23)27)25-13-2-1-3-14-25;1-2-3-4-5(6)7;/h6-9H,1-5,10-16H2,(H2,23,27);2-4H,1H2,(H,6,7);/q;;+1/p-1/b;4-3+;. The number of piperidine rings is 2. The summed E-state index contributed by atoms with van der Waals surface area (Å²) in [5.41, 5.74) is 5.90. The van der Waals surface area contributed by atoms with Gasteiger partial charge >= 0.3 is 29.6 Å². The molecule has 0 spiro atoms. The number of ketones is 1. The Hall–Kier alpha value is -1.84. The third-order valence-corrected chi connectivity index (χ3v) is 6.52. The van der Waals surface area contributed by atoms with Crippen molar-refractivity contribution in [2.45, 2.75) is 50.5 Å². The number of carbonyl (C=O) groups is 3. The SMILES string of the molecule is C=C/C=C/C(=O)[O-].NC(=O)C1(N2CCCCC2)CCN(CCCC(=O)c2ccc(F)cc2)CC1.[Na+]. The largest absolute Gasteiger partial charge is 1.00 e. The van der Waals surface area contributed by atoms with Crippen molar-refractivity contribution in [1.29, 1.82) is 0 Å². The van der Waals surface area contributed by atoms with Crippen LogP contribution in [0.3, 0.4) is 0 Å². The monoisotopic (exact) mass is 495 g/mol. The second-order valence-corrected chi connectivity index (χ2v) is 8.73. The number of benzene rings is 1. The van der Waals surface area contributed by atoms with Crippen molar-refractivity contribution in [1.82, 2.24) is 9.80 Å². The number of rotatable bonds is 9. The first-order valence-electron chi connectivity index (χ1n) is 11.8. The summed E-state index contributed by atoms with van der Waals surface area (Å²) in [6, 6.07) is 5.72. The molecule has 2 saturated heterocycles. The van der Waals surface area contributed by atoms with Crippen molar-refractivity contribution in [3.63, 3.8) is 0 Å². The first-order valence-corrected chi connectivity index (χ1v) is 11.8. The zero-order valence-corrected chi connectivity index (χ0v) is 22.7. The molecule has 1 aromatic rings. The van der Waals surface area contributed by atoms with E-state index in [0.717, 1.165) is 70.9 Å². The van der Waals surface area contributed by atoms with Gasteiger partial charge in [0.1, 0.15) is 11.4 Å². The zero-order chi connectivity index (χ0) is 25.0. The van der Waals surface area contributed by atoms with Crippen LogP contribution >= 0.6 is 0 Å². The number of nitrogens with zero attached hydrogens (tertiary/aromatic N) is 2. The van der Waals surface area contributed by atoms with Gasteiger partial charge < -0.3 is 20.5 Å². The molecule has 2 N–H and O–H groups in total. The molecule has 0 aromatic heterocycles. The van der Waals surface area contributed by atoms with E-state index in [4.69, 9.17) is 5.73 Å². The number of allylic oxidation sites excluding steroid dienone is 2. The first kappa shape index (κ1) is 31.2. The Bertz CT molecular complexity index is 862. The molecule has 1 aromatic carbocycles. The summed E-state index contributed by atoms with van der Waals surface area (Å²) >= 11 is 0. The molecular weight excluding hydrogens is 460 g/mol. The number of likely N-dealkylation sites (tertiary alicyclic amines) is 2. The van der Waals surface area contributed by atoms with E-state index in [1.807, 2.05) is 0 Å². The molecule has 0 bridgehead atoms. The van der Waals surface area contributed by atoms with Crippen molar-refractivity contribution < 1.29 is 53.4 Å². The van der Waals surface area contributed by atoms with E-state index < -0.39 is 11.5 Å². The molecule has 186 valence electrons. The molecule has 3 rings (SSSR count). The van der Waals surface area contributed by atoms with Gasteiger partial charge in [0.05, 0.1) is 5.97 Å². The van der Waals surface area contributed by atoms with Crippen LogP contribution in [0.4, 0.5) is 4.39 Å². The minimum absolute atomic E-state index is 0. The summed E-state index contributed by atoms with van der Waals surface area (Å²) in [4.78, 5) is 38.6. The van der Waals surface area contributed by atoms with Crippen LogP contribution in [0.1, 0.15) is 55.3 Å². The summed E-state index contributed by atoms with van der Waals surface area (Å²) in [7, 11) is 0. The molecule has 0 saturated carbocycles. The van der Waals surface area contributed by atoms with E-state index in [2.05, 4.69) is 16.4 Å². The number of hydrogen-bond acceptors (Lipinski definition) is 6. The van der Waals surface area contributed by atoms with Crippen LogP contribution in [0.2, 0.25) is 0 Å². The Morgan fingerprint density at radius 2 is 1.66 bits per heavy atom. The van der Waals surface area contributed by atoms with Crippen LogP contribution in [0.25, 0.3) is 0 Å². The van der Waals surface area contributed by atoms with Crippen LogP contribution in [-0.4, -0.2) is 65.7 Å². The van der Waals surface area contributed by atoms with Crippen molar-refractivity contribution in [3.8, 4) is 0 Å². The van der Waals surface area contributed by atoms with Gasteiger partial charge in [-0.3, -0.25) is 14.5 Å². The number of carboxylic acids is 1. The average molecular weight is 496 g/mol. The Balaban J connectivity index is 0.000000672. The van der Waals surface area contributed by atoms with Crippen molar-refractivity contribution >= 4 is 17.7 Å². The summed E-state index contributed by atoms with van der Waals surface area (Å²) in [6.45, 7) is 7.70. The van der Waals surface area contributed by atoms with Crippen molar-refractivity contribution in [2.24, 2.45) is 5.73 Å². The van der Waals surface area contributed by atoms with Gasteiger partial charge in [0, 0.05) is 25.1 Å². The van der Waals surface area contributed by atoms with E-state index in [9.17, 15) is 23.9 Å². The van der Waals surface area contributed by atoms with E-state index in [0.29, 0.717) is 12.0 Å². The van der Waals surface area contributed by atoms with Crippen LogP contribution in [-0.2, 0) is 9.59 Å². The van der Waals surface area contributed by atoms with Crippen LogP contribution in [0.15, 0.2) is 49.1 Å². The third kappa shape index (κ3) is 9.97. The Morgan fingerprint density at radius 3 is 2.14 bits per heavy atom. The summed E-state index contributed by atoms with van der Waals surface area (Å²) in [5, 5.41) is 9.51. The Kier molecular flexibility index (Phi) is 14.3. The van der Waals surface area contributed by atoms with E-state index in [1.54, 1.807) is 12.1 Å². The van der Waals surface area contributed by atoms with Gasteiger partial charge in [-0.25, -0.2) is 4.39 Å². The predicted octanol–water partition coefficient (Wildman–Crippen LogP) is -0.923. The number of primary amides is 1. The number of carbonyl (C=O) groups excluding carboxylic acids is 3. The summed E-state index contributed by atoms with van der Waals surface area (Å²) < 4.78 is 12.9. The topological polar surface area (TPSA) is 107 Å². The van der Waals surface area contributed by atoms with Crippen LogP contribution < -0.4 is 40.4 Å². The summed E-state index contributed by atoms with van der Waals surface area (Å²) in [5.74, 6) is -1.66. The van der Waals surface area contributed by atoms with Gasteiger partial charge in [-0.1, -0.05) is 25.2 Å². The van der Waals surface area contributed by atoms with Gasteiger partial charge in [-0.2, -0.15) is 0 Å². The number of nitrogens with two attached hydrogens (primary N) is 1. The second-order valence-electron chi connectivity index (χ2n) is 8.73. The van der Waals surface area contributed by atoms with Gasteiger partial charge in [0.2, 0.25) is 5.91 Å². The summed E-state index contributed by atoms with van der Waals surface area (Å²) in [6.07, 6.45) is 9.87. The smallest absolute Gasteiger partial charge is 0.545 e. The van der Waals surface area contributed by atoms with E-state index in [1.165, 1.54) is 30.7 Å². The van der Waals surface area contributed by atoms with Crippen LogP contribution in [0.5, 0.6) is 0 Å². The minimum Gasteiger partial charge on any atom is -0.545 e.